The molecule has 1 aromatic heterocycles. The van der Waals surface area contributed by atoms with Crippen LogP contribution >= 0.6 is 0 Å². The number of benzene rings is 2. The Morgan fingerprint density at radius 3 is 2.59 bits per heavy atom. The van der Waals surface area contributed by atoms with Gasteiger partial charge in [0.2, 0.25) is 0 Å². The van der Waals surface area contributed by atoms with Crippen LogP contribution < -0.4 is 10.3 Å². The number of hydrogen-bond acceptors (Lipinski definition) is 3. The van der Waals surface area contributed by atoms with Crippen molar-refractivity contribution in [1.29, 1.82) is 0 Å². The first-order valence-corrected chi connectivity index (χ1v) is 8.98. The zero-order valence-electron chi connectivity index (χ0n) is 15.2. The van der Waals surface area contributed by atoms with Crippen molar-refractivity contribution in [1.82, 2.24) is 9.47 Å². The number of ether oxygens (including phenoxy) is 1. The molecule has 138 valence electrons. The van der Waals surface area contributed by atoms with Gasteiger partial charge in [-0.15, -0.1) is 0 Å². The Morgan fingerprint density at radius 2 is 1.81 bits per heavy atom. The highest BCUT2D eigenvalue weighted by Gasteiger charge is 2.16. The summed E-state index contributed by atoms with van der Waals surface area (Å²) in [5.41, 5.74) is 4.03. The number of halogens is 1. The summed E-state index contributed by atoms with van der Waals surface area (Å²) < 4.78 is 20.6. The largest absolute Gasteiger partial charge is 0.492 e. The standard InChI is InChI=1S/C22H21FN2O2/c1-24-9-8-18(13-22(24)26)17-4-7-21-19(12-17)15-25(10-11-27-21)14-16-2-5-20(23)6-3-16/h2-9,12-13H,10-11,14-15H2,1H3. The number of aromatic nitrogens is 1. The molecule has 0 bridgehead atoms. The third kappa shape index (κ3) is 3.93. The summed E-state index contributed by atoms with van der Waals surface area (Å²) in [7, 11) is 1.74. The minimum atomic E-state index is -0.220. The highest BCUT2D eigenvalue weighted by Crippen LogP contribution is 2.29. The minimum absolute atomic E-state index is 0.0309. The normalized spacial score (nSPS) is 14.3. The van der Waals surface area contributed by atoms with E-state index in [1.807, 2.05) is 30.3 Å². The van der Waals surface area contributed by atoms with Crippen molar-refractivity contribution in [2.24, 2.45) is 7.05 Å². The van der Waals surface area contributed by atoms with Gasteiger partial charge in [-0.25, -0.2) is 4.39 Å². The van der Waals surface area contributed by atoms with E-state index in [1.165, 1.54) is 12.1 Å². The molecule has 4 rings (SSSR count). The summed E-state index contributed by atoms with van der Waals surface area (Å²) in [6.07, 6.45) is 1.78. The van der Waals surface area contributed by atoms with E-state index < -0.39 is 0 Å². The van der Waals surface area contributed by atoms with Crippen molar-refractivity contribution >= 4 is 0 Å². The van der Waals surface area contributed by atoms with Crippen molar-refractivity contribution in [2.45, 2.75) is 13.1 Å². The molecular weight excluding hydrogens is 343 g/mol. The van der Waals surface area contributed by atoms with Gasteiger partial charge < -0.3 is 9.30 Å². The fraction of sp³-hybridized carbons (Fsp3) is 0.227. The van der Waals surface area contributed by atoms with E-state index in [-0.39, 0.29) is 11.4 Å². The van der Waals surface area contributed by atoms with Crippen LogP contribution in [-0.2, 0) is 20.1 Å². The number of hydrogen-bond donors (Lipinski definition) is 0. The summed E-state index contributed by atoms with van der Waals surface area (Å²) in [5, 5.41) is 0. The van der Waals surface area contributed by atoms with Crippen LogP contribution in [0.25, 0.3) is 11.1 Å². The highest BCUT2D eigenvalue weighted by atomic mass is 19.1. The van der Waals surface area contributed by atoms with Crippen LogP contribution in [0.5, 0.6) is 5.75 Å². The zero-order chi connectivity index (χ0) is 18.8. The second kappa shape index (κ2) is 7.37. The van der Waals surface area contributed by atoms with Crippen LogP contribution in [0.3, 0.4) is 0 Å². The molecule has 0 radical (unpaired) electrons. The van der Waals surface area contributed by atoms with E-state index in [1.54, 1.807) is 23.9 Å². The Bertz CT molecular complexity index is 1010. The summed E-state index contributed by atoms with van der Waals surface area (Å²) >= 11 is 0. The number of fused-ring (bicyclic) bond motifs is 1. The fourth-order valence-corrected chi connectivity index (χ4v) is 3.34. The minimum Gasteiger partial charge on any atom is -0.492 e. The molecule has 0 N–H and O–H groups in total. The molecule has 2 aromatic carbocycles. The maximum atomic E-state index is 13.1. The van der Waals surface area contributed by atoms with Gasteiger partial charge in [0.15, 0.2) is 0 Å². The van der Waals surface area contributed by atoms with E-state index in [9.17, 15) is 9.18 Å². The molecule has 0 unspecified atom stereocenters. The Kier molecular flexibility index (Phi) is 4.77. The molecule has 0 amide bonds. The van der Waals surface area contributed by atoms with Crippen LogP contribution in [-0.4, -0.2) is 22.6 Å². The molecule has 0 saturated carbocycles. The first-order chi connectivity index (χ1) is 13.1. The Morgan fingerprint density at radius 1 is 1.04 bits per heavy atom. The molecule has 27 heavy (non-hydrogen) atoms. The number of nitrogens with zero attached hydrogens (tertiary/aromatic N) is 2. The predicted molar refractivity (Wildman–Crippen MR) is 103 cm³/mol. The summed E-state index contributed by atoms with van der Waals surface area (Å²) in [6, 6.07) is 16.3. The molecule has 0 fully saturated rings. The number of rotatable bonds is 3. The molecule has 0 spiro atoms. The maximum absolute atomic E-state index is 13.1. The van der Waals surface area contributed by atoms with Gasteiger partial charge in [0.05, 0.1) is 0 Å². The molecule has 0 saturated heterocycles. The van der Waals surface area contributed by atoms with Crippen LogP contribution in [0.2, 0.25) is 0 Å². The third-order valence-electron chi connectivity index (χ3n) is 4.88. The Balaban J connectivity index is 1.60. The molecule has 1 aliphatic heterocycles. The first kappa shape index (κ1) is 17.5. The van der Waals surface area contributed by atoms with Gasteiger partial charge in [0.1, 0.15) is 18.2 Å². The lowest BCUT2D eigenvalue weighted by atomic mass is 10.0. The zero-order valence-corrected chi connectivity index (χ0v) is 15.2. The molecule has 2 heterocycles. The second-order valence-electron chi connectivity index (χ2n) is 6.87. The average Bonchev–Trinajstić information content (AvgIpc) is 2.87. The predicted octanol–water partition coefficient (Wildman–Crippen LogP) is 3.59. The van der Waals surface area contributed by atoms with Crippen LogP contribution in [0.4, 0.5) is 4.39 Å². The molecule has 5 heteroatoms. The Hall–Kier alpha value is -2.92. The van der Waals surface area contributed by atoms with Crippen molar-refractivity contribution < 1.29 is 9.13 Å². The lowest BCUT2D eigenvalue weighted by Gasteiger charge is -2.19. The van der Waals surface area contributed by atoms with Crippen LogP contribution in [0.1, 0.15) is 11.1 Å². The molecule has 0 aliphatic carbocycles. The van der Waals surface area contributed by atoms with Crippen molar-refractivity contribution in [3.8, 4) is 16.9 Å². The topological polar surface area (TPSA) is 34.5 Å². The van der Waals surface area contributed by atoms with E-state index in [2.05, 4.69) is 11.0 Å². The van der Waals surface area contributed by atoms with Crippen molar-refractivity contribution in [3.05, 3.63) is 88.1 Å². The van der Waals surface area contributed by atoms with E-state index >= 15 is 0 Å². The third-order valence-corrected chi connectivity index (χ3v) is 4.88. The number of aryl methyl sites for hydroxylation is 1. The summed E-state index contributed by atoms with van der Waals surface area (Å²) in [5.74, 6) is 0.658. The highest BCUT2D eigenvalue weighted by molar-refractivity contribution is 5.65. The van der Waals surface area contributed by atoms with Gasteiger partial charge in [-0.2, -0.15) is 0 Å². The fourth-order valence-electron chi connectivity index (χ4n) is 3.34. The van der Waals surface area contributed by atoms with Gasteiger partial charge in [0.25, 0.3) is 5.56 Å². The monoisotopic (exact) mass is 364 g/mol. The second-order valence-corrected chi connectivity index (χ2v) is 6.87. The van der Waals surface area contributed by atoms with Crippen LogP contribution in [0, 0.1) is 5.82 Å². The number of pyridine rings is 1. The van der Waals surface area contributed by atoms with E-state index in [0.717, 1.165) is 47.6 Å². The molecular formula is C22H21FN2O2. The lowest BCUT2D eigenvalue weighted by Crippen LogP contribution is -2.25. The quantitative estimate of drug-likeness (QED) is 0.712. The average molecular weight is 364 g/mol. The molecule has 4 nitrogen and oxygen atoms in total. The van der Waals surface area contributed by atoms with E-state index in [0.29, 0.717) is 6.61 Å². The van der Waals surface area contributed by atoms with Gasteiger partial charge in [0, 0.05) is 44.5 Å². The SMILES string of the molecule is Cn1ccc(-c2ccc3c(c2)CN(Cc2ccc(F)cc2)CCO3)cc1=O. The molecule has 3 aromatic rings. The van der Waals surface area contributed by atoms with Crippen molar-refractivity contribution in [3.63, 3.8) is 0 Å². The first-order valence-electron chi connectivity index (χ1n) is 8.98. The summed E-state index contributed by atoms with van der Waals surface area (Å²) in [6.45, 7) is 2.89. The van der Waals surface area contributed by atoms with Crippen molar-refractivity contribution in [2.75, 3.05) is 13.2 Å². The van der Waals surface area contributed by atoms with Gasteiger partial charge in [-0.1, -0.05) is 18.2 Å². The van der Waals surface area contributed by atoms with Crippen LogP contribution in [0.15, 0.2) is 65.6 Å². The smallest absolute Gasteiger partial charge is 0.250 e. The van der Waals surface area contributed by atoms with E-state index in [4.69, 9.17) is 4.74 Å². The van der Waals surface area contributed by atoms with Gasteiger partial charge in [-0.05, 0) is 47.0 Å². The Labute approximate surface area is 157 Å². The maximum Gasteiger partial charge on any atom is 0.250 e. The summed E-state index contributed by atoms with van der Waals surface area (Å²) in [4.78, 5) is 14.2. The molecule has 0 atom stereocenters. The van der Waals surface area contributed by atoms with Gasteiger partial charge in [-0.3, -0.25) is 9.69 Å². The lowest BCUT2D eigenvalue weighted by molar-refractivity contribution is 0.219. The van der Waals surface area contributed by atoms with Gasteiger partial charge >= 0.3 is 0 Å². The molecule has 1 aliphatic rings.